The third kappa shape index (κ3) is 3.11. The zero-order valence-corrected chi connectivity index (χ0v) is 14.3. The molecule has 5 heteroatoms. The average Bonchev–Trinajstić information content (AvgIpc) is 3.01. The molecule has 3 rings (SSSR count). The van der Waals surface area contributed by atoms with Gasteiger partial charge in [0.15, 0.2) is 0 Å². The Labute approximate surface area is 135 Å². The summed E-state index contributed by atoms with van der Waals surface area (Å²) in [6.45, 7) is 3.12. The van der Waals surface area contributed by atoms with Crippen molar-refractivity contribution < 1.29 is 0 Å². The Morgan fingerprint density at radius 1 is 1.30 bits per heavy atom. The molecule has 0 saturated heterocycles. The van der Waals surface area contributed by atoms with E-state index < -0.39 is 0 Å². The van der Waals surface area contributed by atoms with Crippen LogP contribution in [0.2, 0.25) is 0 Å². The van der Waals surface area contributed by atoms with E-state index in [2.05, 4.69) is 62.8 Å². The van der Waals surface area contributed by atoms with Gasteiger partial charge in [-0.05, 0) is 52.1 Å². The predicted octanol–water partition coefficient (Wildman–Crippen LogP) is 5.01. The van der Waals surface area contributed by atoms with E-state index in [9.17, 15) is 0 Å². The van der Waals surface area contributed by atoms with E-state index in [4.69, 9.17) is 0 Å². The maximum atomic E-state index is 4.49. The van der Waals surface area contributed by atoms with Crippen LogP contribution >= 0.6 is 38.6 Å². The van der Waals surface area contributed by atoms with Crippen LogP contribution in [0.25, 0.3) is 9.40 Å². The summed E-state index contributed by atoms with van der Waals surface area (Å²) in [5.74, 6) is 0. The van der Waals surface area contributed by atoms with Gasteiger partial charge < -0.3 is 5.32 Å². The molecule has 0 aliphatic heterocycles. The number of aromatic nitrogens is 1. The Kier molecular flexibility index (Phi) is 4.51. The third-order valence-electron chi connectivity index (χ3n) is 3.15. The number of nitrogens with one attached hydrogen (secondary N) is 1. The van der Waals surface area contributed by atoms with Crippen molar-refractivity contribution in [2.45, 2.75) is 19.4 Å². The molecule has 0 aliphatic carbocycles. The highest BCUT2D eigenvalue weighted by molar-refractivity contribution is 9.10. The van der Waals surface area contributed by atoms with Gasteiger partial charge in [-0.25, -0.2) is 0 Å². The first-order valence-corrected chi connectivity index (χ1v) is 9.06. The van der Waals surface area contributed by atoms with E-state index in [1.807, 2.05) is 28.9 Å². The molecule has 0 radical (unpaired) electrons. The van der Waals surface area contributed by atoms with Gasteiger partial charge in [-0.15, -0.1) is 22.7 Å². The molecule has 2 nitrogen and oxygen atoms in total. The van der Waals surface area contributed by atoms with Crippen molar-refractivity contribution in [1.29, 1.82) is 0 Å². The van der Waals surface area contributed by atoms with E-state index in [-0.39, 0.29) is 0 Å². The number of halogens is 1. The molecule has 1 atom stereocenters. The van der Waals surface area contributed by atoms with Gasteiger partial charge in [-0.3, -0.25) is 4.98 Å². The summed E-state index contributed by atoms with van der Waals surface area (Å²) in [6.07, 6.45) is 2.79. The zero-order chi connectivity index (χ0) is 13.9. The van der Waals surface area contributed by atoms with Gasteiger partial charge in [0.1, 0.15) is 0 Å². The monoisotopic (exact) mass is 366 g/mol. The minimum Gasteiger partial charge on any atom is -0.309 e. The van der Waals surface area contributed by atoms with Crippen molar-refractivity contribution in [2.24, 2.45) is 0 Å². The first-order chi connectivity index (χ1) is 9.76. The van der Waals surface area contributed by atoms with Crippen molar-refractivity contribution in [2.75, 3.05) is 6.54 Å². The van der Waals surface area contributed by atoms with Crippen LogP contribution in [0.15, 0.2) is 40.3 Å². The molecule has 3 heterocycles. The van der Waals surface area contributed by atoms with Crippen LogP contribution in [0.3, 0.4) is 0 Å². The van der Waals surface area contributed by atoms with Crippen molar-refractivity contribution in [1.82, 2.24) is 10.3 Å². The highest BCUT2D eigenvalue weighted by Gasteiger charge is 2.15. The van der Waals surface area contributed by atoms with Gasteiger partial charge in [0.05, 0.1) is 0 Å². The van der Waals surface area contributed by atoms with E-state index in [0.29, 0.717) is 6.04 Å². The number of nitrogens with zero attached hydrogens (tertiary/aromatic N) is 1. The SMILES string of the molecule is CCNC(Cc1ccc(Br)cn1)c1cc2sccc2s1. The molecule has 0 amide bonds. The topological polar surface area (TPSA) is 24.9 Å². The van der Waals surface area contributed by atoms with E-state index >= 15 is 0 Å². The number of rotatable bonds is 5. The molecule has 0 aromatic carbocycles. The van der Waals surface area contributed by atoms with Crippen molar-refractivity contribution >= 4 is 48.0 Å². The van der Waals surface area contributed by atoms with E-state index in [1.54, 1.807) is 0 Å². The van der Waals surface area contributed by atoms with Crippen LogP contribution in [-0.2, 0) is 6.42 Å². The van der Waals surface area contributed by atoms with Gasteiger partial charge in [0, 0.05) is 43.1 Å². The van der Waals surface area contributed by atoms with Crippen LogP contribution in [0.5, 0.6) is 0 Å². The molecular weight excluding hydrogens is 352 g/mol. The number of thiophene rings is 2. The fourth-order valence-corrected chi connectivity index (χ4v) is 4.64. The second-order valence-electron chi connectivity index (χ2n) is 4.58. The summed E-state index contributed by atoms with van der Waals surface area (Å²) in [5.41, 5.74) is 1.12. The molecule has 0 fully saturated rings. The Morgan fingerprint density at radius 3 is 2.90 bits per heavy atom. The lowest BCUT2D eigenvalue weighted by Gasteiger charge is -2.15. The highest BCUT2D eigenvalue weighted by Crippen LogP contribution is 2.34. The van der Waals surface area contributed by atoms with Crippen LogP contribution in [0, 0.1) is 0 Å². The number of fused-ring (bicyclic) bond motifs is 1. The molecule has 0 aliphatic rings. The Bertz CT molecular complexity index is 659. The van der Waals surface area contributed by atoms with Crippen molar-refractivity contribution in [3.8, 4) is 0 Å². The molecule has 3 aromatic rings. The summed E-state index contributed by atoms with van der Waals surface area (Å²) in [6, 6.07) is 9.01. The fourth-order valence-electron chi connectivity index (χ4n) is 2.21. The lowest BCUT2D eigenvalue weighted by molar-refractivity contribution is 0.552. The second kappa shape index (κ2) is 6.35. The minimum atomic E-state index is 0.346. The predicted molar refractivity (Wildman–Crippen MR) is 91.8 cm³/mol. The summed E-state index contributed by atoms with van der Waals surface area (Å²) < 4.78 is 3.80. The van der Waals surface area contributed by atoms with Crippen LogP contribution in [-0.4, -0.2) is 11.5 Å². The number of likely N-dealkylation sites (N-methyl/N-ethyl adjacent to an activating group) is 1. The van der Waals surface area contributed by atoms with Crippen molar-refractivity contribution in [3.63, 3.8) is 0 Å². The van der Waals surface area contributed by atoms with Gasteiger partial charge in [-0.1, -0.05) is 6.92 Å². The largest absolute Gasteiger partial charge is 0.309 e. The van der Waals surface area contributed by atoms with Crippen LogP contribution in [0.4, 0.5) is 0 Å². The lowest BCUT2D eigenvalue weighted by Crippen LogP contribution is -2.22. The zero-order valence-electron chi connectivity index (χ0n) is 11.1. The van der Waals surface area contributed by atoms with Crippen LogP contribution < -0.4 is 5.32 Å². The summed E-state index contributed by atoms with van der Waals surface area (Å²) in [4.78, 5) is 5.89. The fraction of sp³-hybridized carbons (Fsp3) is 0.267. The molecule has 0 bridgehead atoms. The van der Waals surface area contributed by atoms with Gasteiger partial charge in [0.25, 0.3) is 0 Å². The molecular formula is C15H15BrN2S2. The molecule has 3 aromatic heterocycles. The van der Waals surface area contributed by atoms with Gasteiger partial charge in [-0.2, -0.15) is 0 Å². The van der Waals surface area contributed by atoms with Crippen LogP contribution in [0.1, 0.15) is 23.5 Å². The number of pyridine rings is 1. The lowest BCUT2D eigenvalue weighted by atomic mass is 10.1. The number of hydrogen-bond acceptors (Lipinski definition) is 4. The Morgan fingerprint density at radius 2 is 2.20 bits per heavy atom. The smallest absolute Gasteiger partial charge is 0.0471 e. The molecule has 104 valence electrons. The van der Waals surface area contributed by atoms with E-state index in [1.165, 1.54) is 14.3 Å². The molecule has 0 spiro atoms. The highest BCUT2D eigenvalue weighted by atomic mass is 79.9. The quantitative estimate of drug-likeness (QED) is 0.685. The average molecular weight is 367 g/mol. The standard InChI is InChI=1S/C15H15BrN2S2/c1-2-17-12(7-11-4-3-10(16)9-18-11)14-8-15-13(20-14)5-6-19-15/h3-6,8-9,12,17H,2,7H2,1H3. The first kappa shape index (κ1) is 14.2. The van der Waals surface area contributed by atoms with Gasteiger partial charge in [0.2, 0.25) is 0 Å². The molecule has 1 N–H and O–H groups in total. The second-order valence-corrected chi connectivity index (χ2v) is 7.56. The summed E-state index contributed by atoms with van der Waals surface area (Å²) in [7, 11) is 0. The molecule has 0 saturated carbocycles. The Hall–Kier alpha value is -0.750. The first-order valence-electron chi connectivity index (χ1n) is 6.57. The molecule has 20 heavy (non-hydrogen) atoms. The number of hydrogen-bond donors (Lipinski definition) is 1. The van der Waals surface area contributed by atoms with Crippen molar-refractivity contribution in [3.05, 3.63) is 50.9 Å². The summed E-state index contributed by atoms with van der Waals surface area (Å²) >= 11 is 7.13. The maximum absolute atomic E-state index is 4.49. The van der Waals surface area contributed by atoms with E-state index in [0.717, 1.165) is 23.1 Å². The summed E-state index contributed by atoms with van der Waals surface area (Å²) in [5, 5.41) is 5.73. The third-order valence-corrected chi connectivity index (χ3v) is 5.83. The Balaban J connectivity index is 1.84. The normalized spacial score (nSPS) is 12.9. The maximum Gasteiger partial charge on any atom is 0.0471 e. The van der Waals surface area contributed by atoms with Gasteiger partial charge >= 0.3 is 0 Å². The molecule has 1 unspecified atom stereocenters. The minimum absolute atomic E-state index is 0.346.